The lowest BCUT2D eigenvalue weighted by atomic mass is 10.1. The van der Waals surface area contributed by atoms with Gasteiger partial charge in [0.05, 0.1) is 25.1 Å². The first-order chi connectivity index (χ1) is 8.70. The molecule has 1 amide bonds. The maximum Gasteiger partial charge on any atom is 0.308 e. The summed E-state index contributed by atoms with van der Waals surface area (Å²) in [5, 5.41) is 6.01. The summed E-state index contributed by atoms with van der Waals surface area (Å²) in [6, 6.07) is -0.396. The number of rotatable bonds is 5. The van der Waals surface area contributed by atoms with Crippen molar-refractivity contribution < 1.29 is 19.1 Å². The molecule has 2 N–H and O–H groups in total. The van der Waals surface area contributed by atoms with E-state index in [1.54, 1.807) is 0 Å². The zero-order chi connectivity index (χ0) is 13.0. The lowest BCUT2D eigenvalue weighted by Crippen LogP contribution is -2.48. The van der Waals surface area contributed by atoms with Crippen LogP contribution >= 0.6 is 0 Å². The van der Waals surface area contributed by atoms with Gasteiger partial charge in [0.15, 0.2) is 0 Å². The van der Waals surface area contributed by atoms with E-state index in [2.05, 4.69) is 10.6 Å². The molecule has 0 aliphatic carbocycles. The first-order valence-corrected chi connectivity index (χ1v) is 6.51. The number of ether oxygens (including phenoxy) is 2. The highest BCUT2D eigenvalue weighted by atomic mass is 16.6. The number of esters is 1. The van der Waals surface area contributed by atoms with Crippen molar-refractivity contribution >= 4 is 11.9 Å². The fourth-order valence-electron chi connectivity index (χ4n) is 2.33. The second-order valence-electron chi connectivity index (χ2n) is 4.66. The summed E-state index contributed by atoms with van der Waals surface area (Å²) in [5.74, 6) is -0.318. The fraction of sp³-hybridized carbons (Fsp3) is 0.833. The van der Waals surface area contributed by atoms with E-state index in [0.717, 1.165) is 19.4 Å². The topological polar surface area (TPSA) is 76.7 Å². The van der Waals surface area contributed by atoms with Crippen molar-refractivity contribution in [2.24, 2.45) is 0 Å². The third kappa shape index (κ3) is 3.20. The monoisotopic (exact) mass is 256 g/mol. The van der Waals surface area contributed by atoms with Crippen LogP contribution in [0.15, 0.2) is 0 Å². The average molecular weight is 256 g/mol. The molecule has 102 valence electrons. The van der Waals surface area contributed by atoms with Crippen LogP contribution in [0, 0.1) is 0 Å². The van der Waals surface area contributed by atoms with E-state index < -0.39 is 0 Å². The van der Waals surface area contributed by atoms with Gasteiger partial charge in [0, 0.05) is 6.61 Å². The van der Waals surface area contributed by atoms with Gasteiger partial charge in [-0.2, -0.15) is 0 Å². The maximum absolute atomic E-state index is 11.9. The van der Waals surface area contributed by atoms with Crippen LogP contribution in [0.25, 0.3) is 0 Å². The fourth-order valence-corrected chi connectivity index (χ4v) is 2.33. The Kier molecular flexibility index (Phi) is 4.54. The van der Waals surface area contributed by atoms with Gasteiger partial charge in [-0.05, 0) is 26.3 Å². The van der Waals surface area contributed by atoms with Gasteiger partial charge in [-0.25, -0.2) is 0 Å². The summed E-state index contributed by atoms with van der Waals surface area (Å²) in [4.78, 5) is 23.2. The summed E-state index contributed by atoms with van der Waals surface area (Å²) in [5.41, 5.74) is 0. The van der Waals surface area contributed by atoms with Crippen LogP contribution in [0.4, 0.5) is 0 Å². The zero-order valence-corrected chi connectivity index (χ0v) is 10.6. The molecule has 18 heavy (non-hydrogen) atoms. The van der Waals surface area contributed by atoms with Crippen LogP contribution < -0.4 is 10.6 Å². The van der Waals surface area contributed by atoms with Crippen molar-refractivity contribution in [2.75, 3.05) is 19.8 Å². The molecule has 3 atom stereocenters. The Balaban J connectivity index is 1.85. The van der Waals surface area contributed by atoms with Crippen LogP contribution in [-0.2, 0) is 19.1 Å². The lowest BCUT2D eigenvalue weighted by Gasteiger charge is -2.20. The number of cyclic esters (lactones) is 1. The third-order valence-electron chi connectivity index (χ3n) is 3.31. The highest BCUT2D eigenvalue weighted by molar-refractivity contribution is 5.83. The molecule has 6 heteroatoms. The molecule has 6 nitrogen and oxygen atoms in total. The van der Waals surface area contributed by atoms with E-state index in [0.29, 0.717) is 13.2 Å². The number of carbonyl (C=O) groups excluding carboxylic acids is 2. The summed E-state index contributed by atoms with van der Waals surface area (Å²) in [6.45, 7) is 3.66. The van der Waals surface area contributed by atoms with Gasteiger partial charge < -0.3 is 20.1 Å². The van der Waals surface area contributed by atoms with Crippen molar-refractivity contribution in [2.45, 2.75) is 44.4 Å². The standard InChI is InChI=1S/C12H20N2O4/c1-2-17-7-10-9(6-11(15)18-10)14-12(16)8-4-3-5-13-8/h8-10,13H,2-7H2,1H3,(H,14,16)/t8-,9-,10?/m0/s1. The molecular formula is C12H20N2O4. The number of amides is 1. The summed E-state index contributed by atoms with van der Waals surface area (Å²) < 4.78 is 10.4. The highest BCUT2D eigenvalue weighted by Crippen LogP contribution is 2.16. The second kappa shape index (κ2) is 6.15. The number of hydrogen-bond donors (Lipinski definition) is 2. The van der Waals surface area contributed by atoms with Gasteiger partial charge >= 0.3 is 5.97 Å². The quantitative estimate of drug-likeness (QED) is 0.653. The molecule has 2 saturated heterocycles. The van der Waals surface area contributed by atoms with E-state index in [1.165, 1.54) is 0 Å². The SMILES string of the molecule is CCOCC1OC(=O)C[C@@H]1NC(=O)[C@@H]1CCCN1. The Morgan fingerprint density at radius 1 is 1.61 bits per heavy atom. The molecule has 2 fully saturated rings. The third-order valence-corrected chi connectivity index (χ3v) is 3.31. The van der Waals surface area contributed by atoms with Gasteiger partial charge in [0.2, 0.25) is 5.91 Å². The van der Waals surface area contributed by atoms with Crippen LogP contribution in [-0.4, -0.2) is 49.8 Å². The van der Waals surface area contributed by atoms with E-state index in [9.17, 15) is 9.59 Å². The summed E-state index contributed by atoms with van der Waals surface area (Å²) in [7, 11) is 0. The molecule has 0 spiro atoms. The molecule has 2 aliphatic rings. The second-order valence-corrected chi connectivity index (χ2v) is 4.66. The average Bonchev–Trinajstić information content (AvgIpc) is 2.96. The largest absolute Gasteiger partial charge is 0.458 e. The molecule has 0 aromatic rings. The molecule has 0 aromatic carbocycles. The van der Waals surface area contributed by atoms with Crippen LogP contribution in [0.3, 0.4) is 0 Å². The molecule has 0 saturated carbocycles. The smallest absolute Gasteiger partial charge is 0.308 e. The molecule has 1 unspecified atom stereocenters. The lowest BCUT2D eigenvalue weighted by molar-refractivity contribution is -0.143. The Hall–Kier alpha value is -1.14. The van der Waals surface area contributed by atoms with E-state index in [-0.39, 0.29) is 36.5 Å². The molecule has 2 rings (SSSR count). The number of carbonyl (C=O) groups is 2. The van der Waals surface area contributed by atoms with Gasteiger partial charge in [0.1, 0.15) is 6.10 Å². The molecule has 0 aromatic heterocycles. The molecule has 0 bridgehead atoms. The van der Waals surface area contributed by atoms with E-state index in [4.69, 9.17) is 9.47 Å². The van der Waals surface area contributed by atoms with Crippen molar-refractivity contribution in [1.82, 2.24) is 10.6 Å². The molecule has 0 radical (unpaired) electrons. The highest BCUT2D eigenvalue weighted by Gasteiger charge is 2.37. The number of nitrogens with one attached hydrogen (secondary N) is 2. The van der Waals surface area contributed by atoms with Crippen LogP contribution in [0.1, 0.15) is 26.2 Å². The minimum Gasteiger partial charge on any atom is -0.458 e. The Morgan fingerprint density at radius 3 is 3.11 bits per heavy atom. The summed E-state index contributed by atoms with van der Waals surface area (Å²) >= 11 is 0. The predicted octanol–water partition coefficient (Wildman–Crippen LogP) is -0.425. The number of hydrogen-bond acceptors (Lipinski definition) is 5. The normalized spacial score (nSPS) is 31.4. The molecule has 2 heterocycles. The van der Waals surface area contributed by atoms with Crippen molar-refractivity contribution in [3.05, 3.63) is 0 Å². The molecule has 2 aliphatic heterocycles. The Bertz CT molecular complexity index is 315. The van der Waals surface area contributed by atoms with Crippen molar-refractivity contribution in [3.63, 3.8) is 0 Å². The van der Waals surface area contributed by atoms with Crippen LogP contribution in [0.2, 0.25) is 0 Å². The first kappa shape index (κ1) is 13.3. The van der Waals surface area contributed by atoms with Gasteiger partial charge in [-0.3, -0.25) is 9.59 Å². The molecular weight excluding hydrogens is 236 g/mol. The minimum atomic E-state index is -0.359. The van der Waals surface area contributed by atoms with Crippen molar-refractivity contribution in [1.29, 1.82) is 0 Å². The van der Waals surface area contributed by atoms with Crippen molar-refractivity contribution in [3.8, 4) is 0 Å². The van der Waals surface area contributed by atoms with Gasteiger partial charge in [-0.1, -0.05) is 0 Å². The summed E-state index contributed by atoms with van der Waals surface area (Å²) in [6.07, 6.45) is 1.74. The van der Waals surface area contributed by atoms with E-state index in [1.807, 2.05) is 6.92 Å². The van der Waals surface area contributed by atoms with Gasteiger partial charge in [-0.15, -0.1) is 0 Å². The predicted molar refractivity (Wildman–Crippen MR) is 63.9 cm³/mol. The minimum absolute atomic E-state index is 0.0442. The van der Waals surface area contributed by atoms with Crippen LogP contribution in [0.5, 0.6) is 0 Å². The van der Waals surface area contributed by atoms with E-state index >= 15 is 0 Å². The zero-order valence-electron chi connectivity index (χ0n) is 10.6. The first-order valence-electron chi connectivity index (χ1n) is 6.51. The Morgan fingerprint density at radius 2 is 2.44 bits per heavy atom. The maximum atomic E-state index is 11.9. The van der Waals surface area contributed by atoms with Gasteiger partial charge in [0.25, 0.3) is 0 Å². The Labute approximate surface area is 106 Å².